The number of nitrogens with one attached hydrogen (secondary N) is 1. The lowest BCUT2D eigenvalue weighted by molar-refractivity contribution is 0.273. The average molecular weight is 231 g/mol. The minimum Gasteiger partial charge on any atom is -0.326 e. The highest BCUT2D eigenvalue weighted by molar-refractivity contribution is 7.32. The summed E-state index contributed by atoms with van der Waals surface area (Å²) in [5.41, 5.74) is 0. The summed E-state index contributed by atoms with van der Waals surface area (Å²) < 4.78 is 31.5. The summed E-state index contributed by atoms with van der Waals surface area (Å²) in [5, 5.41) is 3.31. The summed E-state index contributed by atoms with van der Waals surface area (Å²) in [5.74, 6) is 0. The fourth-order valence-electron chi connectivity index (χ4n) is 1.11. The van der Waals surface area contributed by atoms with Crippen molar-refractivity contribution in [1.82, 2.24) is 5.32 Å². The molecule has 0 saturated carbocycles. The van der Waals surface area contributed by atoms with Crippen LogP contribution < -0.4 is 5.32 Å². The molecule has 0 aromatic rings. The Morgan fingerprint density at radius 3 is 2.79 bits per heavy atom. The van der Waals surface area contributed by atoms with Crippen LogP contribution in [0, 0.1) is 0 Å². The maximum Gasteiger partial charge on any atom is 0.316 e. The Morgan fingerprint density at radius 2 is 2.21 bits per heavy atom. The molecule has 5 heteroatoms. The maximum atomic E-state index is 10.4. The zero-order valence-corrected chi connectivity index (χ0v) is 9.93. The minimum absolute atomic E-state index is 0.203. The van der Waals surface area contributed by atoms with Gasteiger partial charge >= 0.3 is 8.20 Å². The molecule has 0 saturated heterocycles. The van der Waals surface area contributed by atoms with Gasteiger partial charge in [0.15, 0.2) is 1.28 Å². The summed E-state index contributed by atoms with van der Waals surface area (Å²) >= 11 is 0. The van der Waals surface area contributed by atoms with Crippen molar-refractivity contribution in [2.75, 3.05) is 13.2 Å². The van der Waals surface area contributed by atoms with E-state index >= 15 is 0 Å². The molecular formula is C9H24NO3P. The van der Waals surface area contributed by atoms with Gasteiger partial charge in [-0.15, -0.1) is 0 Å². The molecule has 4 nitrogen and oxygen atoms in total. The van der Waals surface area contributed by atoms with Crippen LogP contribution in [-0.2, 0) is 9.09 Å². The average Bonchev–Trinajstić information content (AvgIpc) is 2.23. The molecule has 0 rings (SSSR count). The van der Waals surface area contributed by atoms with E-state index in [-0.39, 0.29) is 6.61 Å². The van der Waals surface area contributed by atoms with Crippen LogP contribution in [0.1, 0.15) is 42.5 Å². The van der Waals surface area contributed by atoms with Gasteiger partial charge in [-0.05, 0) is 19.4 Å². The highest BCUT2D eigenvalue weighted by Crippen LogP contribution is 2.15. The van der Waals surface area contributed by atoms with Crippen LogP contribution in [0.5, 0.6) is 0 Å². The highest BCUT2D eigenvalue weighted by atomic mass is 31.1. The normalized spacial score (nSPS) is 17.3. The largest absolute Gasteiger partial charge is 0.326 e. The summed E-state index contributed by atoms with van der Waals surface area (Å²) in [6.07, 6.45) is 3.90. The van der Waals surface area contributed by atoms with E-state index in [0.717, 1.165) is 32.2 Å². The number of hydrogen-bond donors (Lipinski definition) is 2. The maximum absolute atomic E-state index is 10.4. The van der Waals surface area contributed by atoms with Gasteiger partial charge in [-0.2, -0.15) is 0 Å². The molecule has 0 amide bonds. The van der Waals surface area contributed by atoms with E-state index in [4.69, 9.17) is 9.14 Å². The third-order valence-electron chi connectivity index (χ3n) is 1.83. The van der Waals surface area contributed by atoms with E-state index < -0.39 is 8.20 Å². The van der Waals surface area contributed by atoms with E-state index in [0.29, 0.717) is 6.04 Å². The van der Waals surface area contributed by atoms with Crippen LogP contribution in [-0.4, -0.2) is 25.4 Å². The Kier molecular flexibility index (Phi) is 7.33. The summed E-state index contributed by atoms with van der Waals surface area (Å²) in [7, 11) is -4.00. The van der Waals surface area contributed by atoms with Crippen molar-refractivity contribution in [2.24, 2.45) is 0 Å². The molecule has 0 aromatic carbocycles. The monoisotopic (exact) mass is 231 g/mol. The molecule has 0 spiro atoms. The molecule has 88 valence electrons. The molecule has 14 heavy (non-hydrogen) atoms. The van der Waals surface area contributed by atoms with Crippen LogP contribution in [0.4, 0.5) is 0 Å². The molecule has 1 unspecified atom stereocenters. The molecular weight excluding hydrogens is 201 g/mol. The standard InChI is InChI=1S/C9H22NO3P.H2/c1-9(2)10-7-5-3-4-6-8-13-14(11)12;/h9-10,14H,3-8H2,1-2H3,(H,11,12);1H/i14T;1+2T. The molecule has 0 bridgehead atoms. The number of rotatable bonds is 9. The summed E-state index contributed by atoms with van der Waals surface area (Å²) in [6.45, 7) is 5.44. The van der Waals surface area contributed by atoms with Gasteiger partial charge in [0.25, 0.3) is 0 Å². The smallest absolute Gasteiger partial charge is 0.316 e. The predicted molar refractivity (Wildman–Crippen MR) is 60.9 cm³/mol. The first-order valence-electron chi connectivity index (χ1n) is 6.60. The SMILES string of the molecule is [3H]P(=O)(O)OCCCCCCNC(C)C.[3H][3H]. The lowest BCUT2D eigenvalue weighted by Gasteiger charge is -2.07. The Balaban J connectivity index is 0. The van der Waals surface area contributed by atoms with Crippen molar-refractivity contribution in [3.05, 3.63) is 0 Å². The molecule has 2 N–H and O–H groups in total. The van der Waals surface area contributed by atoms with Gasteiger partial charge in [0, 0.05) is 9.01 Å². The van der Waals surface area contributed by atoms with Gasteiger partial charge in [0.1, 0.15) is 0 Å². The fraction of sp³-hybridized carbons (Fsp3) is 1.00. The zero-order chi connectivity index (χ0) is 13.7. The molecule has 0 aliphatic heterocycles. The molecule has 0 aliphatic rings. The Bertz CT molecular complexity index is 202. The first kappa shape index (κ1) is 10.6. The van der Waals surface area contributed by atoms with Crippen LogP contribution >= 0.6 is 8.20 Å². The fourth-order valence-corrected chi connectivity index (χ4v) is 1.40. The Hall–Kier alpha value is 0.110. The van der Waals surface area contributed by atoms with Gasteiger partial charge in [0.05, 0.1) is 6.61 Å². The topological polar surface area (TPSA) is 58.6 Å². The van der Waals surface area contributed by atoms with Gasteiger partial charge in [-0.1, -0.05) is 26.7 Å². The van der Waals surface area contributed by atoms with Gasteiger partial charge in [-0.3, -0.25) is 4.57 Å². The first-order chi connectivity index (χ1) is 7.92. The van der Waals surface area contributed by atoms with E-state index in [1.165, 1.54) is 0 Å². The minimum atomic E-state index is -4.00. The first-order valence-corrected chi connectivity index (χ1v) is 6.28. The van der Waals surface area contributed by atoms with Crippen molar-refractivity contribution in [3.63, 3.8) is 0 Å². The predicted octanol–water partition coefficient (Wildman–Crippen LogP) is 2.19. The van der Waals surface area contributed by atoms with E-state index in [1.807, 2.05) is 0 Å². The van der Waals surface area contributed by atoms with Crippen LogP contribution in [0.15, 0.2) is 0 Å². The second-order valence-corrected chi connectivity index (χ2v) is 4.33. The van der Waals surface area contributed by atoms with E-state index in [2.05, 4.69) is 23.7 Å². The molecule has 0 radical (unpaired) electrons. The van der Waals surface area contributed by atoms with Gasteiger partial charge in [-0.25, -0.2) is 0 Å². The molecule has 0 aliphatic carbocycles. The zero-order valence-electron chi connectivity index (χ0n) is 12.0. The van der Waals surface area contributed by atoms with Crippen molar-refractivity contribution in [3.8, 4) is 0 Å². The Morgan fingerprint density at radius 1 is 1.57 bits per heavy atom. The molecule has 0 heterocycles. The van der Waals surface area contributed by atoms with Crippen molar-refractivity contribution in [2.45, 2.75) is 45.6 Å². The van der Waals surface area contributed by atoms with E-state index in [1.54, 1.807) is 0 Å². The molecule has 0 fully saturated rings. The number of hydrogen-bond acceptors (Lipinski definition) is 3. The quantitative estimate of drug-likeness (QED) is 0.472. The second-order valence-electron chi connectivity index (χ2n) is 3.59. The van der Waals surface area contributed by atoms with Gasteiger partial charge < -0.3 is 14.7 Å². The van der Waals surface area contributed by atoms with E-state index in [9.17, 15) is 4.57 Å². The van der Waals surface area contributed by atoms with Gasteiger partial charge in [0.2, 0.25) is 0 Å². The van der Waals surface area contributed by atoms with Crippen LogP contribution in [0.3, 0.4) is 0 Å². The van der Waals surface area contributed by atoms with Crippen molar-refractivity contribution >= 4 is 8.20 Å². The lowest BCUT2D eigenvalue weighted by atomic mass is 10.2. The second kappa shape index (κ2) is 9.66. The third kappa shape index (κ3) is 12.1. The third-order valence-corrected chi connectivity index (χ3v) is 2.23. The highest BCUT2D eigenvalue weighted by Gasteiger charge is 1.94. The summed E-state index contributed by atoms with van der Waals surface area (Å²) in [4.78, 5) is 8.51. The van der Waals surface area contributed by atoms with Crippen LogP contribution in [0.2, 0.25) is 0 Å². The Labute approximate surface area is 91.4 Å². The lowest BCUT2D eigenvalue weighted by Crippen LogP contribution is -2.23. The van der Waals surface area contributed by atoms with Crippen molar-refractivity contribution < 1.29 is 17.0 Å². The van der Waals surface area contributed by atoms with Crippen molar-refractivity contribution in [1.29, 1.82) is 1.28 Å². The van der Waals surface area contributed by atoms with Crippen LogP contribution in [0.25, 0.3) is 0 Å². The number of unbranched alkanes of at least 4 members (excludes halogenated alkanes) is 3. The summed E-state index contributed by atoms with van der Waals surface area (Å²) in [6, 6.07) is 0.525. The molecule has 1 atom stereocenters. The molecule has 0 aromatic heterocycles.